The molecule has 1 aliphatic heterocycles. The van der Waals surface area contributed by atoms with Crippen molar-refractivity contribution in [2.24, 2.45) is 0 Å². The minimum absolute atomic E-state index is 0.0152. The zero-order valence-electron chi connectivity index (χ0n) is 17.2. The van der Waals surface area contributed by atoms with Crippen molar-refractivity contribution in [1.82, 2.24) is 9.55 Å². The summed E-state index contributed by atoms with van der Waals surface area (Å²) >= 11 is 2.82. The van der Waals surface area contributed by atoms with Gasteiger partial charge in [0.05, 0.1) is 11.1 Å². The third-order valence-corrected chi connectivity index (χ3v) is 7.53. The number of aromatic nitrogens is 2. The number of amides is 1. The molecule has 8 heteroatoms. The van der Waals surface area contributed by atoms with Gasteiger partial charge in [0.25, 0.3) is 5.56 Å². The highest BCUT2D eigenvalue weighted by atomic mass is 32.2. The average molecular weight is 442 g/mol. The number of nitrogens with zero attached hydrogens (tertiary/aromatic N) is 2. The van der Waals surface area contributed by atoms with Gasteiger partial charge in [-0.05, 0) is 62.9 Å². The lowest BCUT2D eigenvalue weighted by Gasteiger charge is -2.11. The van der Waals surface area contributed by atoms with Gasteiger partial charge in [0.2, 0.25) is 5.91 Å². The number of nitrogens with one attached hydrogen (secondary N) is 1. The Labute approximate surface area is 182 Å². The fraction of sp³-hybridized carbons (Fsp3) is 0.364. The SMILES string of the molecule is CCn1c(SCC(=O)c2ccc3c(c2)CCCC(=O)N3)nc2sc(C)c(C)c2c1=O. The molecule has 0 saturated carbocycles. The van der Waals surface area contributed by atoms with Gasteiger partial charge < -0.3 is 5.32 Å². The van der Waals surface area contributed by atoms with Gasteiger partial charge in [0.15, 0.2) is 10.9 Å². The number of hydrogen-bond donors (Lipinski definition) is 1. The number of hydrogen-bond acceptors (Lipinski definition) is 6. The van der Waals surface area contributed by atoms with Gasteiger partial charge in [0, 0.05) is 29.1 Å². The molecule has 3 aromatic rings. The summed E-state index contributed by atoms with van der Waals surface area (Å²) in [6.07, 6.45) is 2.04. The third kappa shape index (κ3) is 3.81. The summed E-state index contributed by atoms with van der Waals surface area (Å²) in [5, 5.41) is 4.15. The summed E-state index contributed by atoms with van der Waals surface area (Å²) < 4.78 is 1.64. The van der Waals surface area contributed by atoms with Crippen molar-refractivity contribution >= 4 is 50.7 Å². The lowest BCUT2D eigenvalue weighted by molar-refractivity contribution is -0.116. The van der Waals surface area contributed by atoms with Crippen LogP contribution in [0.4, 0.5) is 5.69 Å². The van der Waals surface area contributed by atoms with E-state index >= 15 is 0 Å². The molecule has 30 heavy (non-hydrogen) atoms. The zero-order chi connectivity index (χ0) is 21.4. The van der Waals surface area contributed by atoms with E-state index in [9.17, 15) is 14.4 Å². The van der Waals surface area contributed by atoms with Crippen molar-refractivity contribution < 1.29 is 9.59 Å². The monoisotopic (exact) mass is 441 g/mol. The van der Waals surface area contributed by atoms with Crippen molar-refractivity contribution in [3.8, 4) is 0 Å². The number of thioether (sulfide) groups is 1. The number of benzene rings is 1. The highest BCUT2D eigenvalue weighted by Crippen LogP contribution is 2.29. The number of fused-ring (bicyclic) bond motifs is 2. The predicted molar refractivity (Wildman–Crippen MR) is 122 cm³/mol. The van der Waals surface area contributed by atoms with Crippen LogP contribution in [-0.4, -0.2) is 27.0 Å². The van der Waals surface area contributed by atoms with Crippen molar-refractivity contribution in [2.75, 3.05) is 11.1 Å². The van der Waals surface area contributed by atoms with Crippen LogP contribution >= 0.6 is 23.1 Å². The summed E-state index contributed by atoms with van der Waals surface area (Å²) in [5.41, 5.74) is 3.34. The van der Waals surface area contributed by atoms with Crippen LogP contribution in [0.15, 0.2) is 28.2 Å². The zero-order valence-corrected chi connectivity index (χ0v) is 18.8. The van der Waals surface area contributed by atoms with Gasteiger partial charge in [-0.25, -0.2) is 4.98 Å². The van der Waals surface area contributed by atoms with Gasteiger partial charge >= 0.3 is 0 Å². The maximum Gasteiger partial charge on any atom is 0.263 e. The summed E-state index contributed by atoms with van der Waals surface area (Å²) in [6, 6.07) is 5.43. The maximum absolute atomic E-state index is 12.9. The molecule has 0 saturated heterocycles. The van der Waals surface area contributed by atoms with Crippen LogP contribution in [0, 0.1) is 13.8 Å². The number of aryl methyl sites for hydroxylation is 3. The van der Waals surface area contributed by atoms with Gasteiger partial charge in [0.1, 0.15) is 4.83 Å². The van der Waals surface area contributed by atoms with Crippen molar-refractivity contribution in [3.63, 3.8) is 0 Å². The molecule has 0 fully saturated rings. The molecular weight excluding hydrogens is 418 g/mol. The van der Waals surface area contributed by atoms with E-state index < -0.39 is 0 Å². The molecule has 0 aliphatic carbocycles. The first-order valence-electron chi connectivity index (χ1n) is 9.98. The molecule has 0 bridgehead atoms. The molecule has 4 rings (SSSR count). The van der Waals surface area contributed by atoms with Crippen LogP contribution in [-0.2, 0) is 17.8 Å². The van der Waals surface area contributed by atoms with Crippen LogP contribution in [0.25, 0.3) is 10.2 Å². The number of ketones is 1. The van der Waals surface area contributed by atoms with E-state index in [0.717, 1.165) is 39.4 Å². The van der Waals surface area contributed by atoms with Crippen LogP contribution in [0.1, 0.15) is 46.1 Å². The molecule has 1 amide bonds. The second-order valence-electron chi connectivity index (χ2n) is 7.39. The molecule has 6 nitrogen and oxygen atoms in total. The summed E-state index contributed by atoms with van der Waals surface area (Å²) in [5.74, 6) is 0.197. The van der Waals surface area contributed by atoms with E-state index in [1.807, 2.05) is 26.8 Å². The number of anilines is 1. The van der Waals surface area contributed by atoms with Gasteiger partial charge in [-0.3, -0.25) is 19.0 Å². The van der Waals surface area contributed by atoms with Crippen molar-refractivity contribution in [1.29, 1.82) is 0 Å². The second-order valence-corrected chi connectivity index (χ2v) is 9.54. The van der Waals surface area contributed by atoms with E-state index in [1.165, 1.54) is 23.1 Å². The molecule has 1 aliphatic rings. The molecule has 3 heterocycles. The first kappa shape index (κ1) is 20.8. The summed E-state index contributed by atoms with van der Waals surface area (Å²) in [7, 11) is 0. The van der Waals surface area contributed by atoms with E-state index in [2.05, 4.69) is 10.3 Å². The minimum atomic E-state index is -0.0416. The predicted octanol–water partition coefficient (Wildman–Crippen LogP) is 4.34. The van der Waals surface area contributed by atoms with Crippen LogP contribution in [0.3, 0.4) is 0 Å². The molecule has 1 N–H and O–H groups in total. The first-order valence-corrected chi connectivity index (χ1v) is 11.8. The summed E-state index contributed by atoms with van der Waals surface area (Å²) in [6.45, 7) is 6.37. The lowest BCUT2D eigenvalue weighted by atomic mass is 10.0. The normalized spacial score (nSPS) is 13.8. The van der Waals surface area contributed by atoms with E-state index in [1.54, 1.807) is 16.7 Å². The third-order valence-electron chi connectivity index (χ3n) is 5.45. The van der Waals surface area contributed by atoms with E-state index in [0.29, 0.717) is 29.1 Å². The molecule has 156 valence electrons. The number of carbonyl (C=O) groups is 2. The Hall–Kier alpha value is -2.45. The Balaban J connectivity index is 1.58. The largest absolute Gasteiger partial charge is 0.326 e. The minimum Gasteiger partial charge on any atom is -0.326 e. The molecule has 2 aromatic heterocycles. The Bertz CT molecular complexity index is 1230. The number of Topliss-reactive ketones (excluding diaryl/α,β-unsaturated/α-hetero) is 1. The number of rotatable bonds is 5. The molecule has 0 unspecified atom stereocenters. The van der Waals surface area contributed by atoms with E-state index in [4.69, 9.17) is 0 Å². The Morgan fingerprint density at radius 2 is 2.07 bits per heavy atom. The fourth-order valence-electron chi connectivity index (χ4n) is 3.66. The maximum atomic E-state index is 12.9. The highest BCUT2D eigenvalue weighted by molar-refractivity contribution is 7.99. The Morgan fingerprint density at radius 3 is 2.83 bits per heavy atom. The molecular formula is C22H23N3O3S2. The molecule has 0 spiro atoms. The summed E-state index contributed by atoms with van der Waals surface area (Å²) in [4.78, 5) is 44.0. The Kier molecular flexibility index (Phi) is 5.79. The van der Waals surface area contributed by atoms with Crippen molar-refractivity contribution in [2.45, 2.75) is 51.7 Å². The standard InChI is InChI=1S/C22H23N3O3S2/c1-4-25-21(28)19-12(2)13(3)30-20(19)24-22(25)29-11-17(26)15-8-9-16-14(10-15)6-5-7-18(27)23-16/h8-10H,4-7,11H2,1-3H3,(H,23,27). The number of carbonyl (C=O) groups excluding carboxylic acids is 2. The molecule has 0 radical (unpaired) electrons. The van der Waals surface area contributed by atoms with Gasteiger partial charge in [-0.15, -0.1) is 11.3 Å². The van der Waals surface area contributed by atoms with Crippen molar-refractivity contribution in [3.05, 3.63) is 50.1 Å². The quantitative estimate of drug-likeness (QED) is 0.362. The number of thiophene rings is 1. The fourth-order valence-corrected chi connectivity index (χ4v) is 5.69. The second kappa shape index (κ2) is 8.35. The first-order chi connectivity index (χ1) is 14.4. The Morgan fingerprint density at radius 1 is 1.27 bits per heavy atom. The van der Waals surface area contributed by atoms with Crippen LogP contribution in [0.5, 0.6) is 0 Å². The van der Waals surface area contributed by atoms with Crippen LogP contribution < -0.4 is 10.9 Å². The highest BCUT2D eigenvalue weighted by Gasteiger charge is 2.19. The van der Waals surface area contributed by atoms with E-state index in [-0.39, 0.29) is 23.0 Å². The van der Waals surface area contributed by atoms with Gasteiger partial charge in [-0.1, -0.05) is 11.8 Å². The average Bonchev–Trinajstić information content (AvgIpc) is 2.88. The molecule has 1 aromatic carbocycles. The lowest BCUT2D eigenvalue weighted by Crippen LogP contribution is -2.22. The van der Waals surface area contributed by atoms with Crippen LogP contribution in [0.2, 0.25) is 0 Å². The topological polar surface area (TPSA) is 81.1 Å². The molecule has 0 atom stereocenters. The van der Waals surface area contributed by atoms with Gasteiger partial charge in [-0.2, -0.15) is 0 Å². The smallest absolute Gasteiger partial charge is 0.263 e.